The number of hydrogen-bond acceptors (Lipinski definition) is 6. The van der Waals surface area contributed by atoms with Crippen molar-refractivity contribution in [1.82, 2.24) is 15.1 Å². The van der Waals surface area contributed by atoms with E-state index in [1.165, 1.54) is 27.6 Å². The second kappa shape index (κ2) is 8.06. The van der Waals surface area contributed by atoms with Gasteiger partial charge in [0.2, 0.25) is 0 Å². The third kappa shape index (κ3) is 3.79. The van der Waals surface area contributed by atoms with E-state index in [4.69, 9.17) is 0 Å². The minimum atomic E-state index is -0.232. The predicted molar refractivity (Wildman–Crippen MR) is 125 cm³/mol. The van der Waals surface area contributed by atoms with Crippen LogP contribution in [0.25, 0.3) is 31.9 Å². The number of rotatable bonds is 4. The fraction of sp³-hybridized carbons (Fsp3) is 0.100. The van der Waals surface area contributed by atoms with Crippen molar-refractivity contribution in [2.24, 2.45) is 0 Å². The van der Waals surface area contributed by atoms with E-state index in [0.29, 0.717) is 28.8 Å². The Balaban J connectivity index is 2.08. The summed E-state index contributed by atoms with van der Waals surface area (Å²) in [6, 6.07) is 11.3. The number of hydrogen-bond donors (Lipinski definition) is 0. The fourth-order valence-corrected chi connectivity index (χ4v) is 5.76. The van der Waals surface area contributed by atoms with E-state index in [0.717, 1.165) is 28.1 Å². The summed E-state index contributed by atoms with van der Waals surface area (Å²) >= 11 is 10.0. The van der Waals surface area contributed by atoms with Crippen molar-refractivity contribution in [1.29, 1.82) is 0 Å². The molecular formula is C20H13Br2N3O2S2. The van der Waals surface area contributed by atoms with E-state index in [9.17, 15) is 9.59 Å². The molecule has 146 valence electrons. The van der Waals surface area contributed by atoms with Gasteiger partial charge in [0.25, 0.3) is 5.91 Å². The van der Waals surface area contributed by atoms with Crippen molar-refractivity contribution in [2.45, 2.75) is 0 Å². The molecule has 0 aliphatic rings. The number of carbonyl (C=O) groups is 2. The maximum absolute atomic E-state index is 12.7. The molecule has 29 heavy (non-hydrogen) atoms. The van der Waals surface area contributed by atoms with Crippen LogP contribution < -0.4 is 0 Å². The summed E-state index contributed by atoms with van der Waals surface area (Å²) in [5, 5.41) is 10.5. The zero-order chi connectivity index (χ0) is 20.7. The molecule has 0 aliphatic heterocycles. The summed E-state index contributed by atoms with van der Waals surface area (Å²) in [6.07, 6.45) is 0.714. The first-order chi connectivity index (χ1) is 13.9. The van der Waals surface area contributed by atoms with Gasteiger partial charge < -0.3 is 4.90 Å². The molecule has 0 radical (unpaired) electrons. The Morgan fingerprint density at radius 3 is 1.86 bits per heavy atom. The number of fused-ring (bicyclic) bond motifs is 1. The van der Waals surface area contributed by atoms with Crippen LogP contribution in [0.3, 0.4) is 0 Å². The van der Waals surface area contributed by atoms with Crippen LogP contribution >= 0.6 is 54.5 Å². The van der Waals surface area contributed by atoms with E-state index in [1.807, 2.05) is 24.3 Å². The minimum Gasteiger partial charge on any atom is -0.345 e. The lowest BCUT2D eigenvalue weighted by molar-refractivity contribution is 0.0824. The molecule has 3 aromatic heterocycles. The van der Waals surface area contributed by atoms with Gasteiger partial charge in [0.15, 0.2) is 6.29 Å². The SMILES string of the molecule is CN(C)C(=O)c1cc2c(-c3ccc(Br)s3)nnc(-c3ccc(Br)s3)c2cc1C=O. The number of carbonyl (C=O) groups excluding carboxylic acids is 2. The predicted octanol–water partition coefficient (Wildman–Crippen LogP) is 6.13. The average molecular weight is 551 g/mol. The van der Waals surface area contributed by atoms with Gasteiger partial charge in [-0.05, 0) is 68.3 Å². The van der Waals surface area contributed by atoms with Crippen molar-refractivity contribution in [2.75, 3.05) is 14.1 Å². The van der Waals surface area contributed by atoms with Crippen molar-refractivity contribution >= 4 is 77.5 Å². The quantitative estimate of drug-likeness (QED) is 0.287. The van der Waals surface area contributed by atoms with Crippen molar-refractivity contribution in [3.05, 3.63) is 55.1 Å². The second-order valence-corrected chi connectivity index (χ2v) is 11.3. The second-order valence-electron chi connectivity index (χ2n) is 6.41. The largest absolute Gasteiger partial charge is 0.345 e. The smallest absolute Gasteiger partial charge is 0.254 e. The van der Waals surface area contributed by atoms with Crippen LogP contribution in [-0.4, -0.2) is 41.4 Å². The average Bonchev–Trinajstić information content (AvgIpc) is 3.33. The molecule has 1 amide bonds. The Hall–Kier alpha value is -1.94. The van der Waals surface area contributed by atoms with Crippen molar-refractivity contribution < 1.29 is 9.59 Å². The van der Waals surface area contributed by atoms with E-state index in [1.54, 1.807) is 26.2 Å². The normalized spacial score (nSPS) is 11.0. The monoisotopic (exact) mass is 549 g/mol. The highest BCUT2D eigenvalue weighted by molar-refractivity contribution is 9.11. The van der Waals surface area contributed by atoms with Crippen molar-refractivity contribution in [3.8, 4) is 21.1 Å². The number of thiophene rings is 2. The number of nitrogens with zero attached hydrogens (tertiary/aromatic N) is 3. The summed E-state index contributed by atoms with van der Waals surface area (Å²) in [5.41, 5.74) is 2.04. The first-order valence-electron chi connectivity index (χ1n) is 8.41. The molecule has 9 heteroatoms. The lowest BCUT2D eigenvalue weighted by atomic mass is 9.98. The Morgan fingerprint density at radius 2 is 1.45 bits per heavy atom. The Morgan fingerprint density at radius 1 is 0.931 bits per heavy atom. The molecule has 0 saturated heterocycles. The van der Waals surface area contributed by atoms with Crippen LogP contribution in [0.15, 0.2) is 44.0 Å². The van der Waals surface area contributed by atoms with Gasteiger partial charge in [0.1, 0.15) is 11.4 Å². The molecule has 5 nitrogen and oxygen atoms in total. The van der Waals surface area contributed by atoms with E-state index in [-0.39, 0.29) is 5.91 Å². The van der Waals surface area contributed by atoms with Crippen LogP contribution in [0, 0.1) is 0 Å². The standard InChI is InChI=1S/C20H13Br2N3O2S2/c1-25(2)20(27)11-8-13-12(7-10(11)9-26)18(14-3-5-16(21)28-14)23-24-19(13)15-4-6-17(22)29-15/h3-9H,1-2H3. The lowest BCUT2D eigenvalue weighted by Gasteiger charge is -2.15. The highest BCUT2D eigenvalue weighted by Gasteiger charge is 2.21. The van der Waals surface area contributed by atoms with E-state index in [2.05, 4.69) is 42.1 Å². The maximum Gasteiger partial charge on any atom is 0.254 e. The van der Waals surface area contributed by atoms with Gasteiger partial charge in [-0.15, -0.1) is 32.9 Å². The van der Waals surface area contributed by atoms with Gasteiger partial charge in [0.05, 0.1) is 22.9 Å². The molecule has 0 N–H and O–H groups in total. The highest BCUT2D eigenvalue weighted by atomic mass is 79.9. The van der Waals surface area contributed by atoms with Gasteiger partial charge >= 0.3 is 0 Å². The zero-order valence-electron chi connectivity index (χ0n) is 15.3. The number of aldehydes is 1. The first kappa shape index (κ1) is 20.3. The van der Waals surface area contributed by atoms with Crippen LogP contribution in [0.2, 0.25) is 0 Å². The topological polar surface area (TPSA) is 63.2 Å². The first-order valence-corrected chi connectivity index (χ1v) is 11.6. The van der Waals surface area contributed by atoms with Crippen LogP contribution in [0.1, 0.15) is 20.7 Å². The molecule has 4 rings (SSSR count). The summed E-state index contributed by atoms with van der Waals surface area (Å²) < 4.78 is 1.95. The van der Waals surface area contributed by atoms with Crippen LogP contribution in [0.4, 0.5) is 0 Å². The van der Waals surface area contributed by atoms with Crippen LogP contribution in [-0.2, 0) is 0 Å². The molecule has 0 saturated carbocycles. The Labute approximate surface area is 191 Å². The minimum absolute atomic E-state index is 0.232. The number of amides is 1. The molecule has 0 atom stereocenters. The third-order valence-electron chi connectivity index (χ3n) is 4.33. The Kier molecular flexibility index (Phi) is 5.65. The van der Waals surface area contributed by atoms with Gasteiger partial charge in [-0.25, -0.2) is 0 Å². The summed E-state index contributed by atoms with van der Waals surface area (Å²) in [7, 11) is 3.33. The summed E-state index contributed by atoms with van der Waals surface area (Å²) in [5.74, 6) is -0.232. The van der Waals surface area contributed by atoms with Crippen LogP contribution in [0.5, 0.6) is 0 Å². The van der Waals surface area contributed by atoms with Gasteiger partial charge in [-0.1, -0.05) is 0 Å². The molecule has 1 aromatic carbocycles. The molecular weight excluding hydrogens is 538 g/mol. The molecule has 0 spiro atoms. The number of halogens is 2. The maximum atomic E-state index is 12.7. The highest BCUT2D eigenvalue weighted by Crippen LogP contribution is 2.40. The fourth-order valence-electron chi connectivity index (χ4n) is 2.99. The summed E-state index contributed by atoms with van der Waals surface area (Å²) in [6.45, 7) is 0. The molecule has 0 fully saturated rings. The Bertz CT molecular complexity index is 1260. The number of benzene rings is 1. The van der Waals surface area contributed by atoms with Gasteiger partial charge in [-0.3, -0.25) is 9.59 Å². The van der Waals surface area contributed by atoms with Gasteiger partial charge in [-0.2, -0.15) is 0 Å². The molecule has 0 bridgehead atoms. The third-order valence-corrected chi connectivity index (χ3v) is 7.59. The van der Waals surface area contributed by atoms with Gasteiger partial charge in [0, 0.05) is 30.4 Å². The molecule has 4 aromatic rings. The zero-order valence-corrected chi connectivity index (χ0v) is 20.1. The molecule has 0 aliphatic carbocycles. The van der Waals surface area contributed by atoms with E-state index < -0.39 is 0 Å². The summed E-state index contributed by atoms with van der Waals surface area (Å²) in [4.78, 5) is 27.8. The molecule has 3 heterocycles. The molecule has 0 unspecified atom stereocenters. The number of aromatic nitrogens is 2. The lowest BCUT2D eigenvalue weighted by Crippen LogP contribution is -2.23. The van der Waals surface area contributed by atoms with E-state index >= 15 is 0 Å². The van der Waals surface area contributed by atoms with Crippen molar-refractivity contribution in [3.63, 3.8) is 0 Å².